The van der Waals surface area contributed by atoms with Crippen LogP contribution in [0.2, 0.25) is 0 Å². The molecule has 1 aliphatic carbocycles. The summed E-state index contributed by atoms with van der Waals surface area (Å²) >= 11 is 0. The van der Waals surface area contributed by atoms with Crippen molar-refractivity contribution in [1.82, 2.24) is 20.6 Å². The minimum Gasteiger partial charge on any atom is -0.454 e. The molecule has 2 aliphatic rings. The molecule has 3 heterocycles. The maximum Gasteiger partial charge on any atom is 0.325 e. The molecule has 212 valence electrons. The molecule has 2 aromatic heterocycles. The van der Waals surface area contributed by atoms with Crippen LogP contribution in [0, 0.1) is 5.82 Å². The monoisotopic (exact) mass is 560 g/mol. The van der Waals surface area contributed by atoms with Gasteiger partial charge in [0.05, 0.1) is 6.42 Å². The van der Waals surface area contributed by atoms with Crippen LogP contribution >= 0.6 is 0 Å². The fourth-order valence-electron chi connectivity index (χ4n) is 4.56. The number of hydrogen-bond donors (Lipinski definition) is 3. The quantitative estimate of drug-likeness (QED) is 0.367. The third kappa shape index (κ3) is 7.52. The number of aromatic nitrogens is 2. The van der Waals surface area contributed by atoms with Crippen molar-refractivity contribution in [3.05, 3.63) is 84.6 Å². The van der Waals surface area contributed by atoms with Crippen molar-refractivity contribution in [3.63, 3.8) is 0 Å². The van der Waals surface area contributed by atoms with Crippen molar-refractivity contribution >= 4 is 23.4 Å². The van der Waals surface area contributed by atoms with E-state index >= 15 is 0 Å². The molecule has 5 rings (SSSR count). The van der Waals surface area contributed by atoms with E-state index in [0.717, 1.165) is 43.6 Å². The van der Waals surface area contributed by atoms with Gasteiger partial charge in [-0.2, -0.15) is 0 Å². The van der Waals surface area contributed by atoms with Gasteiger partial charge >= 0.3 is 6.03 Å². The van der Waals surface area contributed by atoms with Gasteiger partial charge in [-0.15, -0.1) is 0 Å². The predicted molar refractivity (Wildman–Crippen MR) is 152 cm³/mol. The van der Waals surface area contributed by atoms with Crippen LogP contribution in [0.15, 0.2) is 78.8 Å². The molecular weight excluding hydrogens is 530 g/mol. The number of ether oxygens (including phenoxy) is 1. The number of piperazine rings is 1. The number of nitrogens with zero attached hydrogens (tertiary/aromatic N) is 3. The number of carbonyl (C=O) groups excluding carboxylic acids is 2. The minimum absolute atomic E-state index is 0.0527. The summed E-state index contributed by atoms with van der Waals surface area (Å²) in [5.74, 6) is -0.0473. The first-order valence-corrected chi connectivity index (χ1v) is 13.4. The third-order valence-electron chi connectivity index (χ3n) is 6.68. The fourth-order valence-corrected chi connectivity index (χ4v) is 4.56. The van der Waals surface area contributed by atoms with E-state index in [4.69, 9.17) is 4.74 Å². The smallest absolute Gasteiger partial charge is 0.325 e. The first-order chi connectivity index (χ1) is 19.9. The normalized spacial score (nSPS) is 16.9. The maximum atomic E-state index is 15.0. The van der Waals surface area contributed by atoms with E-state index in [1.807, 2.05) is 12.1 Å². The first kappa shape index (κ1) is 27.9. The van der Waals surface area contributed by atoms with Gasteiger partial charge in [-0.3, -0.25) is 15.1 Å². The molecule has 1 fully saturated rings. The van der Waals surface area contributed by atoms with Gasteiger partial charge in [-0.05, 0) is 48.7 Å². The lowest BCUT2D eigenvalue weighted by atomic mass is 10.1. The van der Waals surface area contributed by atoms with E-state index < -0.39 is 23.9 Å². The molecule has 41 heavy (non-hydrogen) atoms. The Balaban J connectivity index is 1.20. The number of urea groups is 1. The second-order valence-electron chi connectivity index (χ2n) is 9.67. The second kappa shape index (κ2) is 13.1. The van der Waals surface area contributed by atoms with Crippen molar-refractivity contribution in [2.75, 3.05) is 36.4 Å². The molecule has 9 nitrogen and oxygen atoms in total. The first-order valence-electron chi connectivity index (χ1n) is 13.4. The molecule has 1 saturated heterocycles. The number of rotatable bonds is 7. The average molecular weight is 561 g/mol. The molecular formula is C30H30F2N6O3. The van der Waals surface area contributed by atoms with E-state index in [1.165, 1.54) is 18.2 Å². The molecule has 1 aromatic carbocycles. The lowest BCUT2D eigenvalue weighted by Crippen LogP contribution is -2.43. The highest BCUT2D eigenvalue weighted by atomic mass is 19.1. The van der Waals surface area contributed by atoms with Crippen molar-refractivity contribution in [2.24, 2.45) is 0 Å². The van der Waals surface area contributed by atoms with Crippen LogP contribution in [0.4, 0.5) is 25.1 Å². The summed E-state index contributed by atoms with van der Waals surface area (Å²) in [4.78, 5) is 35.5. The molecule has 0 radical (unpaired) electrons. The zero-order valence-electron chi connectivity index (χ0n) is 22.3. The zero-order valence-corrected chi connectivity index (χ0v) is 22.3. The summed E-state index contributed by atoms with van der Waals surface area (Å²) < 4.78 is 34.3. The van der Waals surface area contributed by atoms with Gasteiger partial charge in [0.25, 0.3) is 0 Å². The number of amides is 3. The number of halogens is 2. The van der Waals surface area contributed by atoms with Crippen LogP contribution in [0.25, 0.3) is 11.1 Å². The molecule has 3 amide bonds. The van der Waals surface area contributed by atoms with Gasteiger partial charge in [0, 0.05) is 67.7 Å². The third-order valence-corrected chi connectivity index (χ3v) is 6.68. The Morgan fingerprint density at radius 3 is 2.73 bits per heavy atom. The number of allylic oxidation sites excluding steroid dienone is 3. The molecule has 1 unspecified atom stereocenters. The maximum absolute atomic E-state index is 15.0. The summed E-state index contributed by atoms with van der Waals surface area (Å²) in [5.41, 5.74) is 2.18. The van der Waals surface area contributed by atoms with Gasteiger partial charge in [0.15, 0.2) is 11.6 Å². The van der Waals surface area contributed by atoms with Gasteiger partial charge in [-0.25, -0.2) is 18.6 Å². The Morgan fingerprint density at radius 1 is 1.10 bits per heavy atom. The molecule has 11 heteroatoms. The molecule has 1 aliphatic heterocycles. The van der Waals surface area contributed by atoms with E-state index in [9.17, 15) is 18.4 Å². The summed E-state index contributed by atoms with van der Waals surface area (Å²) in [6, 6.07) is 8.65. The van der Waals surface area contributed by atoms with Gasteiger partial charge in [0.1, 0.15) is 17.7 Å². The van der Waals surface area contributed by atoms with Crippen LogP contribution in [0.3, 0.4) is 0 Å². The molecule has 3 N–H and O–H groups in total. The molecule has 0 spiro atoms. The molecule has 0 saturated carbocycles. The number of pyridine rings is 2. The Bertz CT molecular complexity index is 1450. The Labute approximate surface area is 236 Å². The summed E-state index contributed by atoms with van der Waals surface area (Å²) in [7, 11) is 0. The van der Waals surface area contributed by atoms with Gasteiger partial charge < -0.3 is 20.3 Å². The average Bonchev–Trinajstić information content (AvgIpc) is 3.18. The summed E-state index contributed by atoms with van der Waals surface area (Å²) in [5, 5.41) is 7.96. The second-order valence-corrected chi connectivity index (χ2v) is 9.67. The Hall–Kier alpha value is -4.64. The van der Waals surface area contributed by atoms with Crippen LogP contribution in [0.5, 0.6) is 11.5 Å². The van der Waals surface area contributed by atoms with Crippen LogP contribution < -0.4 is 25.6 Å². The van der Waals surface area contributed by atoms with Gasteiger partial charge in [-0.1, -0.05) is 18.2 Å². The molecule has 0 bridgehead atoms. The van der Waals surface area contributed by atoms with Crippen LogP contribution in [0.1, 0.15) is 19.3 Å². The topological polar surface area (TPSA) is 108 Å². The van der Waals surface area contributed by atoms with E-state index in [0.29, 0.717) is 29.7 Å². The molecule has 3 aromatic rings. The summed E-state index contributed by atoms with van der Waals surface area (Å²) in [6.45, 7) is 3.58. The largest absolute Gasteiger partial charge is 0.454 e. The number of hydrogen-bond acceptors (Lipinski definition) is 7. The van der Waals surface area contributed by atoms with E-state index in [2.05, 4.69) is 30.8 Å². The van der Waals surface area contributed by atoms with Gasteiger partial charge in [0.2, 0.25) is 5.91 Å². The zero-order chi connectivity index (χ0) is 28.6. The minimum atomic E-state index is -1.05. The van der Waals surface area contributed by atoms with Crippen LogP contribution in [-0.2, 0) is 4.79 Å². The highest BCUT2D eigenvalue weighted by molar-refractivity contribution is 6.01. The number of carbonyl (C=O) groups is 2. The van der Waals surface area contributed by atoms with E-state index in [-0.39, 0.29) is 17.9 Å². The number of anilines is 2. The molecule has 1 atom stereocenters. The summed E-state index contributed by atoms with van der Waals surface area (Å²) in [6.07, 6.45) is 9.39. The number of alkyl halides is 1. The van der Waals surface area contributed by atoms with E-state index in [1.54, 1.807) is 36.8 Å². The number of nitrogens with one attached hydrogen (secondary N) is 3. The predicted octanol–water partition coefficient (Wildman–Crippen LogP) is 5.14. The van der Waals surface area contributed by atoms with Crippen molar-refractivity contribution in [1.29, 1.82) is 0 Å². The van der Waals surface area contributed by atoms with Crippen LogP contribution in [-0.4, -0.2) is 54.3 Å². The van der Waals surface area contributed by atoms with Crippen molar-refractivity contribution in [3.8, 4) is 22.6 Å². The fraction of sp³-hybridized carbons (Fsp3) is 0.267. The SMILES string of the molecule is O=C(CC1=CCCC(F)C=C1)NC(=O)Nc1ccc(Oc2ccncc2-c2ccc(N3CCNCC3)nc2)c(F)c1. The lowest BCUT2D eigenvalue weighted by molar-refractivity contribution is -0.119. The number of benzene rings is 1. The standard InChI is InChI=1S/C30H30F2N6O3/c31-22-3-1-2-20(4-6-22)16-29(39)37-30(40)36-23-7-8-27(25(32)17-23)41-26-10-11-34-19-24(26)21-5-9-28(35-18-21)38-14-12-33-13-15-38/h2,4-11,17-19,22,33H,1,3,12-16H2,(H2,36,37,39,40). The number of imide groups is 1. The highest BCUT2D eigenvalue weighted by Gasteiger charge is 2.16. The lowest BCUT2D eigenvalue weighted by Gasteiger charge is -2.28. The Kier molecular flexibility index (Phi) is 8.95. The van der Waals surface area contributed by atoms with Crippen molar-refractivity contribution in [2.45, 2.75) is 25.4 Å². The highest BCUT2D eigenvalue weighted by Crippen LogP contribution is 2.34. The van der Waals surface area contributed by atoms with Crippen molar-refractivity contribution < 1.29 is 23.1 Å². The Morgan fingerprint density at radius 2 is 1.95 bits per heavy atom.